The smallest absolute Gasteiger partial charge is 0.125 e. The highest BCUT2D eigenvalue weighted by Crippen LogP contribution is 2.19. The van der Waals surface area contributed by atoms with Crippen LogP contribution in [-0.2, 0) is 6.42 Å². The van der Waals surface area contributed by atoms with Crippen molar-refractivity contribution in [2.45, 2.75) is 6.42 Å². The molecule has 2 rings (SSSR count). The number of nitrogens with two attached hydrogens (primary N) is 1. The fraction of sp³-hybridized carbons (Fsp3) is 0.167. The van der Waals surface area contributed by atoms with Crippen molar-refractivity contribution >= 4 is 11.4 Å². The molecule has 1 aromatic heterocycles. The van der Waals surface area contributed by atoms with E-state index >= 15 is 0 Å². The lowest BCUT2D eigenvalue weighted by Crippen LogP contribution is -2.06. The molecule has 0 amide bonds. The minimum atomic E-state index is -0.297. The standard InChI is InChI=1S/C12H13FN2O/c13-9-3-4-11(14)12(8-9)15-6-5-10-2-1-7-16-10/h1-4,7-8,15H,5-6,14H2. The Morgan fingerprint density at radius 1 is 1.31 bits per heavy atom. The highest BCUT2D eigenvalue weighted by molar-refractivity contribution is 5.65. The number of anilines is 2. The number of halogens is 1. The van der Waals surface area contributed by atoms with Crippen LogP contribution in [0.25, 0.3) is 0 Å². The second-order valence-corrected chi connectivity index (χ2v) is 3.49. The molecule has 3 nitrogen and oxygen atoms in total. The van der Waals surface area contributed by atoms with E-state index in [1.165, 1.54) is 12.1 Å². The monoisotopic (exact) mass is 220 g/mol. The van der Waals surface area contributed by atoms with Crippen molar-refractivity contribution in [1.29, 1.82) is 0 Å². The van der Waals surface area contributed by atoms with Gasteiger partial charge in [0.2, 0.25) is 0 Å². The van der Waals surface area contributed by atoms with Gasteiger partial charge in [-0.3, -0.25) is 0 Å². The molecule has 1 heterocycles. The maximum absolute atomic E-state index is 12.9. The van der Waals surface area contributed by atoms with Crippen LogP contribution < -0.4 is 11.1 Å². The molecule has 0 spiro atoms. The zero-order valence-electron chi connectivity index (χ0n) is 8.74. The predicted octanol–water partition coefficient (Wildman–Crippen LogP) is 2.66. The second-order valence-electron chi connectivity index (χ2n) is 3.49. The van der Waals surface area contributed by atoms with Gasteiger partial charge in [0.25, 0.3) is 0 Å². The first-order valence-corrected chi connectivity index (χ1v) is 5.07. The van der Waals surface area contributed by atoms with Gasteiger partial charge in [-0.1, -0.05) is 0 Å². The van der Waals surface area contributed by atoms with Crippen LogP contribution in [0, 0.1) is 5.82 Å². The van der Waals surface area contributed by atoms with Crippen molar-refractivity contribution in [2.75, 3.05) is 17.6 Å². The number of furan rings is 1. The van der Waals surface area contributed by atoms with Crippen molar-refractivity contribution in [3.8, 4) is 0 Å². The van der Waals surface area contributed by atoms with Crippen LogP contribution >= 0.6 is 0 Å². The number of hydrogen-bond acceptors (Lipinski definition) is 3. The summed E-state index contributed by atoms with van der Waals surface area (Å²) in [4.78, 5) is 0. The molecule has 0 aliphatic rings. The van der Waals surface area contributed by atoms with Crippen molar-refractivity contribution in [3.05, 3.63) is 48.2 Å². The lowest BCUT2D eigenvalue weighted by Gasteiger charge is -2.08. The highest BCUT2D eigenvalue weighted by atomic mass is 19.1. The first-order chi connectivity index (χ1) is 7.75. The van der Waals surface area contributed by atoms with Crippen molar-refractivity contribution < 1.29 is 8.81 Å². The maximum Gasteiger partial charge on any atom is 0.125 e. The van der Waals surface area contributed by atoms with Gasteiger partial charge in [0.1, 0.15) is 11.6 Å². The average molecular weight is 220 g/mol. The van der Waals surface area contributed by atoms with E-state index in [4.69, 9.17) is 10.2 Å². The van der Waals surface area contributed by atoms with Crippen LogP contribution in [0.3, 0.4) is 0 Å². The number of hydrogen-bond donors (Lipinski definition) is 2. The van der Waals surface area contributed by atoms with E-state index in [0.717, 1.165) is 12.2 Å². The average Bonchev–Trinajstić information content (AvgIpc) is 2.76. The molecule has 1 aromatic carbocycles. The molecular formula is C12H13FN2O. The Morgan fingerprint density at radius 3 is 2.94 bits per heavy atom. The van der Waals surface area contributed by atoms with Crippen LogP contribution in [0.4, 0.5) is 15.8 Å². The summed E-state index contributed by atoms with van der Waals surface area (Å²) in [6.45, 7) is 0.654. The van der Waals surface area contributed by atoms with Crippen molar-refractivity contribution in [3.63, 3.8) is 0 Å². The van der Waals surface area contributed by atoms with Crippen molar-refractivity contribution in [1.82, 2.24) is 0 Å². The van der Waals surface area contributed by atoms with Gasteiger partial charge in [-0.05, 0) is 30.3 Å². The fourth-order valence-corrected chi connectivity index (χ4v) is 1.46. The van der Waals surface area contributed by atoms with Crippen LogP contribution in [-0.4, -0.2) is 6.54 Å². The van der Waals surface area contributed by atoms with E-state index in [1.807, 2.05) is 12.1 Å². The summed E-state index contributed by atoms with van der Waals surface area (Å²) in [6, 6.07) is 8.01. The highest BCUT2D eigenvalue weighted by Gasteiger charge is 2.01. The van der Waals surface area contributed by atoms with Gasteiger partial charge < -0.3 is 15.5 Å². The summed E-state index contributed by atoms with van der Waals surface area (Å²) in [6.07, 6.45) is 2.37. The molecule has 0 unspecified atom stereocenters. The van der Waals surface area contributed by atoms with Gasteiger partial charge in [0.05, 0.1) is 17.6 Å². The van der Waals surface area contributed by atoms with E-state index in [0.29, 0.717) is 17.9 Å². The van der Waals surface area contributed by atoms with Gasteiger partial charge in [-0.2, -0.15) is 0 Å². The molecule has 0 bridgehead atoms. The van der Waals surface area contributed by atoms with Gasteiger partial charge in [0.15, 0.2) is 0 Å². The molecule has 0 saturated carbocycles. The van der Waals surface area contributed by atoms with Crippen LogP contribution in [0.2, 0.25) is 0 Å². The number of rotatable bonds is 4. The third-order valence-electron chi connectivity index (χ3n) is 2.28. The van der Waals surface area contributed by atoms with E-state index in [1.54, 1.807) is 12.3 Å². The van der Waals surface area contributed by atoms with Crippen LogP contribution in [0.5, 0.6) is 0 Å². The van der Waals surface area contributed by atoms with E-state index in [9.17, 15) is 4.39 Å². The third-order valence-corrected chi connectivity index (χ3v) is 2.28. The number of benzene rings is 1. The Labute approximate surface area is 93.1 Å². The first kappa shape index (κ1) is 10.5. The molecule has 2 aromatic rings. The lowest BCUT2D eigenvalue weighted by molar-refractivity contribution is 0.513. The van der Waals surface area contributed by atoms with Crippen molar-refractivity contribution in [2.24, 2.45) is 0 Å². The lowest BCUT2D eigenvalue weighted by atomic mass is 10.2. The summed E-state index contributed by atoms with van der Waals surface area (Å²) in [5.74, 6) is 0.595. The van der Waals surface area contributed by atoms with E-state index < -0.39 is 0 Å². The quantitative estimate of drug-likeness (QED) is 0.779. The molecule has 0 atom stereocenters. The summed E-state index contributed by atoms with van der Waals surface area (Å²) >= 11 is 0. The van der Waals surface area contributed by atoms with Crippen LogP contribution in [0.15, 0.2) is 41.0 Å². The topological polar surface area (TPSA) is 51.2 Å². The molecule has 4 heteroatoms. The normalized spacial score (nSPS) is 10.3. The van der Waals surface area contributed by atoms with Crippen LogP contribution in [0.1, 0.15) is 5.76 Å². The summed E-state index contributed by atoms with van der Waals surface area (Å²) in [5.41, 5.74) is 6.86. The van der Waals surface area contributed by atoms with Gasteiger partial charge >= 0.3 is 0 Å². The molecule has 0 aliphatic carbocycles. The minimum absolute atomic E-state index is 0.297. The molecular weight excluding hydrogens is 207 g/mol. The SMILES string of the molecule is Nc1ccc(F)cc1NCCc1ccco1. The molecule has 0 fully saturated rings. The zero-order chi connectivity index (χ0) is 11.4. The number of nitrogen functional groups attached to an aromatic ring is 1. The molecule has 0 radical (unpaired) electrons. The summed E-state index contributed by atoms with van der Waals surface area (Å²) in [7, 11) is 0. The Morgan fingerprint density at radius 2 is 2.19 bits per heavy atom. The molecule has 16 heavy (non-hydrogen) atoms. The molecule has 0 aliphatic heterocycles. The molecule has 3 N–H and O–H groups in total. The third kappa shape index (κ3) is 2.53. The van der Waals surface area contributed by atoms with E-state index in [-0.39, 0.29) is 5.82 Å². The largest absolute Gasteiger partial charge is 0.469 e. The first-order valence-electron chi connectivity index (χ1n) is 5.07. The Kier molecular flexibility index (Phi) is 3.10. The second kappa shape index (κ2) is 4.70. The molecule has 84 valence electrons. The minimum Gasteiger partial charge on any atom is -0.469 e. The number of nitrogens with one attached hydrogen (secondary N) is 1. The predicted molar refractivity (Wildman–Crippen MR) is 61.7 cm³/mol. The Hall–Kier alpha value is -1.97. The zero-order valence-corrected chi connectivity index (χ0v) is 8.74. The van der Waals surface area contributed by atoms with Gasteiger partial charge in [0, 0.05) is 13.0 Å². The molecule has 0 saturated heterocycles. The summed E-state index contributed by atoms with van der Waals surface area (Å²) < 4.78 is 18.1. The summed E-state index contributed by atoms with van der Waals surface area (Å²) in [5, 5.41) is 3.07. The van der Waals surface area contributed by atoms with Gasteiger partial charge in [-0.15, -0.1) is 0 Å². The maximum atomic E-state index is 12.9. The Balaban J connectivity index is 1.92. The van der Waals surface area contributed by atoms with Gasteiger partial charge in [-0.25, -0.2) is 4.39 Å². The Bertz CT molecular complexity index is 454. The van der Waals surface area contributed by atoms with E-state index in [2.05, 4.69) is 5.32 Å². The fourth-order valence-electron chi connectivity index (χ4n) is 1.46.